The number of nitro benzene ring substituents is 1. The number of carbonyl (C=O) groups is 6. The molecule has 0 aliphatic rings. The molecule has 18 heteroatoms. The number of carboxylic acid groups (broad SMARTS) is 1. The van der Waals surface area contributed by atoms with Gasteiger partial charge in [-0.3, -0.25) is 24.5 Å². The van der Waals surface area contributed by atoms with Crippen molar-refractivity contribution in [2.24, 2.45) is 0 Å². The van der Waals surface area contributed by atoms with Crippen LogP contribution in [-0.4, -0.2) is 79.3 Å². The van der Waals surface area contributed by atoms with E-state index in [9.17, 15) is 44.0 Å². The van der Waals surface area contributed by atoms with Gasteiger partial charge < -0.3 is 43.6 Å². The maximum absolute atomic E-state index is 13.6. The van der Waals surface area contributed by atoms with Gasteiger partial charge in [-0.1, -0.05) is 0 Å². The molecule has 0 spiro atoms. The van der Waals surface area contributed by atoms with Gasteiger partial charge in [-0.15, -0.1) is 0 Å². The molecule has 3 aromatic carbocycles. The van der Waals surface area contributed by atoms with E-state index in [1.807, 2.05) is 0 Å². The molecule has 0 aliphatic carbocycles. The summed E-state index contributed by atoms with van der Waals surface area (Å²) in [6.07, 6.45) is -4.97. The van der Waals surface area contributed by atoms with E-state index in [1.54, 1.807) is 0 Å². The van der Waals surface area contributed by atoms with Crippen LogP contribution < -0.4 is 29.0 Å². The highest BCUT2D eigenvalue weighted by Crippen LogP contribution is 2.32. The number of ether oxygens (including phenoxy) is 7. The number of benzene rings is 3. The molecule has 0 saturated carbocycles. The van der Waals surface area contributed by atoms with Gasteiger partial charge in [-0.05, 0) is 42.5 Å². The molecule has 0 bridgehead atoms. The minimum atomic E-state index is -2.53. The van der Waals surface area contributed by atoms with Crippen LogP contribution in [0.5, 0.6) is 28.7 Å². The number of non-ortho nitro benzene ring substituents is 1. The smallest absolute Gasteiger partial charge is 0.349 e. The van der Waals surface area contributed by atoms with Gasteiger partial charge in [0.05, 0.1) is 43.1 Å². The second-order valence-electron chi connectivity index (χ2n) is 9.54. The molecular formula is C31H28N2O16. The Morgan fingerprint density at radius 1 is 0.673 bits per heavy atom. The number of methoxy groups -OCH3 is 3. The Hall–Kier alpha value is -6.72. The number of carbonyl (C=O) groups excluding carboxylic acids is 5. The Labute approximate surface area is 276 Å². The van der Waals surface area contributed by atoms with Gasteiger partial charge in [0.2, 0.25) is 12.2 Å². The number of hydrogen-bond donors (Lipinski definition) is 2. The standard InChI is InChI=1S/C31H28N2O16/c1-15(34)46-22-9-6-17(12-24(22)44-4)30(39)48-26(28(36)32-20-14-19(33(41)42)8-11-21(20)43-3)27(29(37)38)49-31(40)18-7-10-23(47-16(2)35)25(13-18)45-5/h6-14,26-27H,1-5H3,(H,32,36)(H,37,38)/t26-,27+/m1/s1. The summed E-state index contributed by atoms with van der Waals surface area (Å²) in [7, 11) is 3.59. The van der Waals surface area contributed by atoms with Gasteiger partial charge in [-0.25, -0.2) is 14.4 Å². The van der Waals surface area contributed by atoms with Crippen LogP contribution in [0, 0.1) is 10.1 Å². The first kappa shape index (κ1) is 36.7. The highest BCUT2D eigenvalue weighted by atomic mass is 16.6. The van der Waals surface area contributed by atoms with E-state index in [1.165, 1.54) is 27.4 Å². The number of amides is 1. The molecule has 0 fully saturated rings. The number of nitrogens with zero attached hydrogens (tertiary/aromatic N) is 1. The van der Waals surface area contributed by atoms with Gasteiger partial charge in [0.25, 0.3) is 11.6 Å². The molecule has 18 nitrogen and oxygen atoms in total. The van der Waals surface area contributed by atoms with Gasteiger partial charge in [-0.2, -0.15) is 0 Å². The Kier molecular flexibility index (Phi) is 12.2. The van der Waals surface area contributed by atoms with Crippen LogP contribution in [0.25, 0.3) is 0 Å². The lowest BCUT2D eigenvalue weighted by Crippen LogP contribution is -2.48. The molecule has 0 saturated heterocycles. The molecule has 0 heterocycles. The van der Waals surface area contributed by atoms with E-state index in [0.29, 0.717) is 0 Å². The number of anilines is 1. The molecule has 49 heavy (non-hydrogen) atoms. The minimum Gasteiger partial charge on any atom is -0.495 e. The van der Waals surface area contributed by atoms with Gasteiger partial charge in [0.1, 0.15) is 5.75 Å². The zero-order valence-corrected chi connectivity index (χ0v) is 26.4. The van der Waals surface area contributed by atoms with E-state index >= 15 is 0 Å². The summed E-state index contributed by atoms with van der Waals surface area (Å²) in [4.78, 5) is 85.9. The van der Waals surface area contributed by atoms with E-state index in [0.717, 1.165) is 62.4 Å². The zero-order valence-electron chi connectivity index (χ0n) is 26.4. The van der Waals surface area contributed by atoms with Crippen molar-refractivity contribution in [3.63, 3.8) is 0 Å². The Morgan fingerprint density at radius 3 is 1.53 bits per heavy atom. The molecule has 258 valence electrons. The number of hydrogen-bond acceptors (Lipinski definition) is 15. The van der Waals surface area contributed by atoms with Crippen molar-refractivity contribution in [1.29, 1.82) is 0 Å². The summed E-state index contributed by atoms with van der Waals surface area (Å²) < 4.78 is 35.8. The first-order chi connectivity index (χ1) is 23.2. The van der Waals surface area contributed by atoms with Crippen molar-refractivity contribution in [1.82, 2.24) is 0 Å². The fraction of sp³-hybridized carbons (Fsp3) is 0.226. The Bertz CT molecular complexity index is 1800. The van der Waals surface area contributed by atoms with Gasteiger partial charge >= 0.3 is 29.8 Å². The third-order valence-electron chi connectivity index (χ3n) is 6.20. The Morgan fingerprint density at radius 2 is 1.12 bits per heavy atom. The van der Waals surface area contributed by atoms with Crippen molar-refractivity contribution in [2.75, 3.05) is 26.6 Å². The lowest BCUT2D eigenvalue weighted by Gasteiger charge is -2.24. The molecule has 2 atom stereocenters. The average Bonchev–Trinajstić information content (AvgIpc) is 3.05. The fourth-order valence-electron chi connectivity index (χ4n) is 4.04. The number of nitrogens with one attached hydrogen (secondary N) is 1. The molecule has 0 unspecified atom stereocenters. The van der Waals surface area contributed by atoms with E-state index in [-0.39, 0.29) is 45.6 Å². The molecular weight excluding hydrogens is 656 g/mol. The first-order valence-corrected chi connectivity index (χ1v) is 13.7. The normalized spacial score (nSPS) is 11.5. The summed E-state index contributed by atoms with van der Waals surface area (Å²) in [5.74, 6) is -7.89. The van der Waals surface area contributed by atoms with Crippen molar-refractivity contribution in [3.05, 3.63) is 75.8 Å². The van der Waals surface area contributed by atoms with E-state index in [2.05, 4.69) is 5.32 Å². The number of carboxylic acids is 1. The lowest BCUT2D eigenvalue weighted by molar-refractivity contribution is -0.384. The second kappa shape index (κ2) is 16.2. The van der Waals surface area contributed by atoms with Crippen LogP contribution in [0.4, 0.5) is 11.4 Å². The van der Waals surface area contributed by atoms with Crippen LogP contribution in [-0.2, 0) is 28.7 Å². The number of rotatable bonds is 14. The van der Waals surface area contributed by atoms with Crippen LogP contribution in [0.3, 0.4) is 0 Å². The van der Waals surface area contributed by atoms with Crippen molar-refractivity contribution < 1.29 is 72.0 Å². The SMILES string of the molecule is COc1ccc([N+](=O)[O-])cc1NC(=O)[C@H](OC(=O)c1ccc(OC(C)=O)c(OC)c1)[C@H](OC(=O)c1ccc(OC(C)=O)c(OC)c1)C(=O)O. The number of esters is 4. The zero-order chi connectivity index (χ0) is 36.4. The van der Waals surface area contributed by atoms with Crippen molar-refractivity contribution in [2.45, 2.75) is 26.1 Å². The van der Waals surface area contributed by atoms with Crippen molar-refractivity contribution in [3.8, 4) is 28.7 Å². The second-order valence-corrected chi connectivity index (χ2v) is 9.54. The number of nitro groups is 1. The van der Waals surface area contributed by atoms with Gasteiger partial charge in [0, 0.05) is 26.0 Å². The molecule has 0 aliphatic heterocycles. The molecule has 0 aromatic heterocycles. The minimum absolute atomic E-state index is 0.0754. The predicted molar refractivity (Wildman–Crippen MR) is 163 cm³/mol. The summed E-state index contributed by atoms with van der Waals surface area (Å²) >= 11 is 0. The van der Waals surface area contributed by atoms with Crippen LogP contribution >= 0.6 is 0 Å². The largest absolute Gasteiger partial charge is 0.495 e. The average molecular weight is 685 g/mol. The first-order valence-electron chi connectivity index (χ1n) is 13.7. The predicted octanol–water partition coefficient (Wildman–Crippen LogP) is 2.95. The summed E-state index contributed by atoms with van der Waals surface area (Å²) in [5, 5.41) is 23.7. The Balaban J connectivity index is 2.05. The topological polar surface area (TPSA) is 242 Å². The molecule has 1 amide bonds. The third kappa shape index (κ3) is 9.41. The van der Waals surface area contributed by atoms with Crippen LogP contribution in [0.2, 0.25) is 0 Å². The quantitative estimate of drug-likeness (QED) is 0.107. The lowest BCUT2D eigenvalue weighted by atomic mass is 10.1. The molecule has 3 aromatic rings. The van der Waals surface area contributed by atoms with E-state index < -0.39 is 58.6 Å². The maximum atomic E-state index is 13.6. The van der Waals surface area contributed by atoms with Crippen molar-refractivity contribution >= 4 is 47.1 Å². The highest BCUT2D eigenvalue weighted by Gasteiger charge is 2.41. The molecule has 2 N–H and O–H groups in total. The summed E-state index contributed by atoms with van der Waals surface area (Å²) in [5.41, 5.74) is -1.45. The van der Waals surface area contributed by atoms with E-state index in [4.69, 9.17) is 33.2 Å². The summed E-state index contributed by atoms with van der Waals surface area (Å²) in [6.45, 7) is 2.25. The maximum Gasteiger partial charge on any atom is 0.349 e. The van der Waals surface area contributed by atoms with Gasteiger partial charge in [0.15, 0.2) is 23.0 Å². The molecule has 3 rings (SSSR count). The molecule has 0 radical (unpaired) electrons. The monoisotopic (exact) mass is 684 g/mol. The third-order valence-corrected chi connectivity index (χ3v) is 6.20. The van der Waals surface area contributed by atoms with Crippen LogP contribution in [0.15, 0.2) is 54.6 Å². The highest BCUT2D eigenvalue weighted by molar-refractivity contribution is 6.02. The van der Waals surface area contributed by atoms with Crippen LogP contribution in [0.1, 0.15) is 34.6 Å². The number of aliphatic carboxylic acids is 1. The summed E-state index contributed by atoms with van der Waals surface area (Å²) in [6, 6.07) is 9.79. The fourth-order valence-corrected chi connectivity index (χ4v) is 4.04.